The molecule has 0 unspecified atom stereocenters. The molecular formula is C8H18O2S. The van der Waals surface area contributed by atoms with Crippen LogP contribution in [0.1, 0.15) is 20.8 Å². The summed E-state index contributed by atoms with van der Waals surface area (Å²) in [5, 5.41) is 8.46. The second-order valence-electron chi connectivity index (χ2n) is 3.30. The van der Waals surface area contributed by atoms with Crippen LogP contribution >= 0.6 is 11.8 Å². The Bertz CT molecular complexity index is 88.6. The van der Waals surface area contributed by atoms with Crippen LogP contribution in [0.3, 0.4) is 0 Å². The van der Waals surface area contributed by atoms with Crippen molar-refractivity contribution in [2.24, 2.45) is 0 Å². The van der Waals surface area contributed by atoms with Crippen LogP contribution in [-0.4, -0.2) is 35.4 Å². The first-order chi connectivity index (χ1) is 5.06. The highest BCUT2D eigenvalue weighted by Gasteiger charge is 2.08. The Morgan fingerprint density at radius 2 is 1.91 bits per heavy atom. The molecule has 0 aromatic carbocycles. The molecule has 2 nitrogen and oxygen atoms in total. The van der Waals surface area contributed by atoms with Crippen LogP contribution < -0.4 is 0 Å². The monoisotopic (exact) mass is 178 g/mol. The van der Waals surface area contributed by atoms with E-state index in [-0.39, 0.29) is 12.2 Å². The van der Waals surface area contributed by atoms with Crippen LogP contribution in [0.25, 0.3) is 0 Å². The third-order valence-electron chi connectivity index (χ3n) is 0.998. The lowest BCUT2D eigenvalue weighted by molar-refractivity contribution is 0.00694. The molecule has 0 spiro atoms. The third-order valence-corrected chi connectivity index (χ3v) is 1.92. The lowest BCUT2D eigenvalue weighted by Gasteiger charge is -2.18. The zero-order valence-electron chi connectivity index (χ0n) is 7.59. The summed E-state index contributed by atoms with van der Waals surface area (Å²) in [7, 11) is 0. The van der Waals surface area contributed by atoms with E-state index in [9.17, 15) is 0 Å². The van der Waals surface area contributed by atoms with E-state index in [4.69, 9.17) is 9.84 Å². The minimum atomic E-state index is -0.0280. The molecule has 0 fully saturated rings. The molecule has 0 heterocycles. The van der Waals surface area contributed by atoms with Crippen molar-refractivity contribution in [1.82, 2.24) is 0 Å². The molecule has 0 aliphatic heterocycles. The van der Waals surface area contributed by atoms with Crippen LogP contribution in [0.15, 0.2) is 0 Å². The molecule has 68 valence electrons. The van der Waals surface area contributed by atoms with Gasteiger partial charge in [0, 0.05) is 11.5 Å². The van der Waals surface area contributed by atoms with E-state index in [0.717, 1.165) is 18.1 Å². The van der Waals surface area contributed by atoms with E-state index < -0.39 is 0 Å². The minimum Gasteiger partial charge on any atom is -0.396 e. The molecule has 0 aromatic rings. The fraction of sp³-hybridized carbons (Fsp3) is 1.00. The van der Waals surface area contributed by atoms with Gasteiger partial charge in [0.25, 0.3) is 0 Å². The molecular weight excluding hydrogens is 160 g/mol. The van der Waals surface area contributed by atoms with Gasteiger partial charge in [0.05, 0.1) is 18.8 Å². The van der Waals surface area contributed by atoms with Gasteiger partial charge in [0.2, 0.25) is 0 Å². The first-order valence-electron chi connectivity index (χ1n) is 3.89. The lowest BCUT2D eigenvalue weighted by atomic mass is 10.2. The van der Waals surface area contributed by atoms with Gasteiger partial charge in [0.15, 0.2) is 0 Å². The zero-order valence-corrected chi connectivity index (χ0v) is 8.41. The van der Waals surface area contributed by atoms with Crippen LogP contribution in [0.2, 0.25) is 0 Å². The molecule has 0 aromatic heterocycles. The Morgan fingerprint density at radius 3 is 2.36 bits per heavy atom. The molecule has 3 heteroatoms. The normalized spacial score (nSPS) is 12.0. The van der Waals surface area contributed by atoms with Crippen molar-refractivity contribution >= 4 is 11.8 Å². The van der Waals surface area contributed by atoms with Gasteiger partial charge in [-0.1, -0.05) is 0 Å². The van der Waals surface area contributed by atoms with E-state index >= 15 is 0 Å². The molecule has 0 amide bonds. The Kier molecular flexibility index (Phi) is 6.01. The summed E-state index contributed by atoms with van der Waals surface area (Å²) in [4.78, 5) is 0. The molecule has 0 saturated carbocycles. The van der Waals surface area contributed by atoms with Gasteiger partial charge < -0.3 is 9.84 Å². The molecule has 0 radical (unpaired) electrons. The maximum absolute atomic E-state index is 8.46. The maximum atomic E-state index is 8.46. The first-order valence-corrected chi connectivity index (χ1v) is 5.04. The largest absolute Gasteiger partial charge is 0.396 e. The summed E-state index contributed by atoms with van der Waals surface area (Å²) in [6.07, 6.45) is 0. The summed E-state index contributed by atoms with van der Waals surface area (Å²) in [5.74, 6) is 1.78. The standard InChI is InChI=1S/C8H18O2S/c1-8(2,3)10-5-7-11-6-4-9/h9H,4-7H2,1-3H3. The average Bonchev–Trinajstić information content (AvgIpc) is 1.85. The van der Waals surface area contributed by atoms with E-state index in [1.165, 1.54) is 0 Å². The molecule has 1 N–H and O–H groups in total. The summed E-state index contributed by atoms with van der Waals surface area (Å²) >= 11 is 1.72. The Hall–Kier alpha value is 0.270. The summed E-state index contributed by atoms with van der Waals surface area (Å²) in [5.41, 5.74) is -0.0280. The number of hydrogen-bond acceptors (Lipinski definition) is 3. The predicted molar refractivity (Wildman–Crippen MR) is 50.1 cm³/mol. The number of aliphatic hydroxyl groups is 1. The first kappa shape index (κ1) is 11.3. The summed E-state index contributed by atoms with van der Waals surface area (Å²) in [6.45, 7) is 7.17. The van der Waals surface area contributed by atoms with E-state index in [1.807, 2.05) is 20.8 Å². The van der Waals surface area contributed by atoms with Gasteiger partial charge in [-0.25, -0.2) is 0 Å². The molecule has 0 bridgehead atoms. The van der Waals surface area contributed by atoms with E-state index in [1.54, 1.807) is 11.8 Å². The highest BCUT2D eigenvalue weighted by molar-refractivity contribution is 7.99. The molecule has 0 aliphatic rings. The van der Waals surface area contributed by atoms with Crippen molar-refractivity contribution in [3.05, 3.63) is 0 Å². The van der Waals surface area contributed by atoms with Crippen LogP contribution in [-0.2, 0) is 4.74 Å². The highest BCUT2D eigenvalue weighted by atomic mass is 32.2. The second-order valence-corrected chi connectivity index (χ2v) is 4.52. The quantitative estimate of drug-likeness (QED) is 0.647. The van der Waals surface area contributed by atoms with Gasteiger partial charge >= 0.3 is 0 Å². The lowest BCUT2D eigenvalue weighted by Crippen LogP contribution is -2.20. The number of hydrogen-bond donors (Lipinski definition) is 1. The van der Waals surface area contributed by atoms with E-state index in [0.29, 0.717) is 0 Å². The average molecular weight is 178 g/mol. The summed E-state index contributed by atoms with van der Waals surface area (Å²) < 4.78 is 5.47. The molecule has 0 atom stereocenters. The summed E-state index contributed by atoms with van der Waals surface area (Å²) in [6, 6.07) is 0. The van der Waals surface area contributed by atoms with Crippen molar-refractivity contribution in [2.75, 3.05) is 24.7 Å². The van der Waals surface area contributed by atoms with Gasteiger partial charge in [0.1, 0.15) is 0 Å². The van der Waals surface area contributed by atoms with Crippen molar-refractivity contribution in [3.8, 4) is 0 Å². The number of thioether (sulfide) groups is 1. The van der Waals surface area contributed by atoms with Gasteiger partial charge in [-0.2, -0.15) is 11.8 Å². The van der Waals surface area contributed by atoms with Crippen molar-refractivity contribution in [3.63, 3.8) is 0 Å². The highest BCUT2D eigenvalue weighted by Crippen LogP contribution is 2.07. The van der Waals surface area contributed by atoms with Gasteiger partial charge in [-0.3, -0.25) is 0 Å². The Labute approximate surface area is 73.3 Å². The number of aliphatic hydroxyl groups excluding tert-OH is 1. The molecule has 11 heavy (non-hydrogen) atoms. The van der Waals surface area contributed by atoms with Crippen LogP contribution in [0.4, 0.5) is 0 Å². The Balaban J connectivity index is 3.02. The van der Waals surface area contributed by atoms with Crippen LogP contribution in [0, 0.1) is 0 Å². The number of ether oxygens (including phenoxy) is 1. The zero-order chi connectivity index (χ0) is 8.74. The second kappa shape index (κ2) is 5.86. The van der Waals surface area contributed by atoms with Gasteiger partial charge in [-0.05, 0) is 20.8 Å². The van der Waals surface area contributed by atoms with E-state index in [2.05, 4.69) is 0 Å². The fourth-order valence-electron chi connectivity index (χ4n) is 0.573. The molecule has 0 rings (SSSR count). The van der Waals surface area contributed by atoms with Crippen molar-refractivity contribution in [2.45, 2.75) is 26.4 Å². The molecule has 0 saturated heterocycles. The maximum Gasteiger partial charge on any atom is 0.0598 e. The Morgan fingerprint density at radius 1 is 1.27 bits per heavy atom. The van der Waals surface area contributed by atoms with Crippen molar-refractivity contribution in [1.29, 1.82) is 0 Å². The smallest absolute Gasteiger partial charge is 0.0598 e. The topological polar surface area (TPSA) is 29.5 Å². The predicted octanol–water partition coefficient (Wildman–Crippen LogP) is 1.53. The third kappa shape index (κ3) is 10.3. The molecule has 0 aliphatic carbocycles. The minimum absolute atomic E-state index is 0.0280. The van der Waals surface area contributed by atoms with Crippen LogP contribution in [0.5, 0.6) is 0 Å². The fourth-order valence-corrected chi connectivity index (χ4v) is 1.11. The van der Waals surface area contributed by atoms with Gasteiger partial charge in [-0.15, -0.1) is 0 Å². The van der Waals surface area contributed by atoms with Crippen molar-refractivity contribution < 1.29 is 9.84 Å². The number of rotatable bonds is 5. The SMILES string of the molecule is CC(C)(C)OCCSCCO.